The van der Waals surface area contributed by atoms with Crippen LogP contribution in [0.1, 0.15) is 5.56 Å². The number of hydrogen-bond donors (Lipinski definition) is 0. The lowest BCUT2D eigenvalue weighted by Gasteiger charge is -2.11. The van der Waals surface area contributed by atoms with Crippen molar-refractivity contribution < 1.29 is 36.4 Å². The first kappa shape index (κ1) is 19.7. The molecule has 0 amide bonds. The second-order valence-electron chi connectivity index (χ2n) is 4.42. The normalized spacial score (nSPS) is 11.8. The summed E-state index contributed by atoms with van der Waals surface area (Å²) in [5.74, 6) is -0.118. The van der Waals surface area contributed by atoms with Gasteiger partial charge in [-0.05, 0) is 18.2 Å². The molecular formula is C14H19NO8S. The molecule has 0 unspecified atom stereocenters. The second-order valence-corrected chi connectivity index (χ2v) is 5.97. The lowest BCUT2D eigenvalue weighted by molar-refractivity contribution is -0.136. The number of rotatable bonds is 9. The van der Waals surface area contributed by atoms with Crippen molar-refractivity contribution in [1.82, 2.24) is 0 Å². The van der Waals surface area contributed by atoms with Gasteiger partial charge in [0, 0.05) is 12.7 Å². The molecule has 0 bridgehead atoms. The van der Waals surface area contributed by atoms with Crippen LogP contribution in [-0.2, 0) is 28.7 Å². The number of benzene rings is 1. The summed E-state index contributed by atoms with van der Waals surface area (Å²) in [6.07, 6.45) is 0.805. The predicted molar refractivity (Wildman–Crippen MR) is 84.8 cm³/mol. The minimum Gasteiger partial charge on any atom is -0.493 e. The molecule has 1 aromatic carbocycles. The third-order valence-corrected chi connectivity index (χ3v) is 2.98. The standard InChI is InChI=1S/C14H19NO8S/c1-19-7-8-22-14(16)13(15-23-24(4,17)18)10-5-6-11(20-2)12(9-10)21-3/h5-6,9H,7-8H2,1-4H3. The third-order valence-electron chi connectivity index (χ3n) is 2.63. The van der Waals surface area contributed by atoms with Crippen molar-refractivity contribution in [3.8, 4) is 11.5 Å². The van der Waals surface area contributed by atoms with E-state index in [1.807, 2.05) is 0 Å². The van der Waals surface area contributed by atoms with E-state index in [4.69, 9.17) is 18.9 Å². The molecule has 0 aliphatic carbocycles. The van der Waals surface area contributed by atoms with Crippen molar-refractivity contribution in [1.29, 1.82) is 0 Å². The SMILES string of the molecule is COCCOC(=O)C(=NOS(C)(=O)=O)c1ccc(OC)c(OC)c1. The summed E-state index contributed by atoms with van der Waals surface area (Å²) >= 11 is 0. The molecule has 0 saturated carbocycles. The van der Waals surface area contributed by atoms with Crippen LogP contribution >= 0.6 is 0 Å². The average molecular weight is 361 g/mol. The van der Waals surface area contributed by atoms with E-state index in [0.29, 0.717) is 11.5 Å². The topological polar surface area (TPSA) is 110 Å². The number of nitrogens with zero attached hydrogens (tertiary/aromatic N) is 1. The maximum absolute atomic E-state index is 12.1. The summed E-state index contributed by atoms with van der Waals surface area (Å²) in [7, 11) is 0.434. The van der Waals surface area contributed by atoms with Crippen molar-refractivity contribution in [2.75, 3.05) is 40.8 Å². The number of carbonyl (C=O) groups is 1. The molecule has 0 spiro atoms. The molecule has 10 heteroatoms. The van der Waals surface area contributed by atoms with E-state index in [2.05, 4.69) is 9.44 Å². The summed E-state index contributed by atoms with van der Waals surface area (Å²) in [4.78, 5) is 12.1. The zero-order valence-corrected chi connectivity index (χ0v) is 14.6. The van der Waals surface area contributed by atoms with Gasteiger partial charge in [0.1, 0.15) is 6.61 Å². The summed E-state index contributed by atoms with van der Waals surface area (Å²) in [6.45, 7) is 0.151. The quantitative estimate of drug-likeness (QED) is 0.272. The van der Waals surface area contributed by atoms with Crippen molar-refractivity contribution in [3.05, 3.63) is 23.8 Å². The summed E-state index contributed by atoms with van der Waals surface area (Å²) in [5, 5.41) is 3.39. The predicted octanol–water partition coefficient (Wildman–Crippen LogP) is 0.574. The van der Waals surface area contributed by atoms with Crippen LogP contribution in [-0.4, -0.2) is 60.9 Å². The first-order chi connectivity index (χ1) is 11.3. The molecule has 1 rings (SSSR count). The number of hydrogen-bond acceptors (Lipinski definition) is 9. The van der Waals surface area contributed by atoms with Crippen molar-refractivity contribution in [2.24, 2.45) is 5.16 Å². The Morgan fingerprint density at radius 1 is 1.08 bits per heavy atom. The van der Waals surface area contributed by atoms with Crippen LogP contribution in [0.5, 0.6) is 11.5 Å². The van der Waals surface area contributed by atoms with Crippen molar-refractivity contribution in [3.63, 3.8) is 0 Å². The van der Waals surface area contributed by atoms with Gasteiger partial charge in [-0.2, -0.15) is 8.42 Å². The minimum atomic E-state index is -3.89. The van der Waals surface area contributed by atoms with Crippen LogP contribution in [0, 0.1) is 0 Å². The van der Waals surface area contributed by atoms with Crippen LogP contribution in [0.2, 0.25) is 0 Å². The summed E-state index contributed by atoms with van der Waals surface area (Å²) in [6, 6.07) is 4.47. The van der Waals surface area contributed by atoms with Crippen LogP contribution in [0.4, 0.5) is 0 Å². The zero-order chi connectivity index (χ0) is 18.2. The molecule has 0 aromatic heterocycles. The van der Waals surface area contributed by atoms with Crippen molar-refractivity contribution in [2.45, 2.75) is 0 Å². The third kappa shape index (κ3) is 6.05. The van der Waals surface area contributed by atoms with Gasteiger partial charge in [-0.15, -0.1) is 0 Å². The van der Waals surface area contributed by atoms with Gasteiger partial charge in [-0.1, -0.05) is 5.16 Å². The first-order valence-corrected chi connectivity index (χ1v) is 8.49. The van der Waals surface area contributed by atoms with Crippen LogP contribution in [0.25, 0.3) is 0 Å². The van der Waals surface area contributed by atoms with Gasteiger partial charge in [0.2, 0.25) is 0 Å². The molecular weight excluding hydrogens is 342 g/mol. The fourth-order valence-electron chi connectivity index (χ4n) is 1.58. The second kappa shape index (κ2) is 9.08. The number of carbonyl (C=O) groups excluding carboxylic acids is 1. The Kier molecular flexibility index (Phi) is 7.46. The molecule has 0 heterocycles. The largest absolute Gasteiger partial charge is 0.493 e. The fraction of sp³-hybridized carbons (Fsp3) is 0.429. The Morgan fingerprint density at radius 2 is 1.75 bits per heavy atom. The molecule has 9 nitrogen and oxygen atoms in total. The Bertz CT molecular complexity index is 699. The van der Waals surface area contributed by atoms with Crippen LogP contribution in [0.3, 0.4) is 0 Å². The average Bonchev–Trinajstić information content (AvgIpc) is 2.54. The number of methoxy groups -OCH3 is 3. The molecule has 0 aliphatic rings. The highest BCUT2D eigenvalue weighted by Crippen LogP contribution is 2.28. The maximum atomic E-state index is 12.1. The van der Waals surface area contributed by atoms with Gasteiger partial charge < -0.3 is 18.9 Å². The van der Waals surface area contributed by atoms with E-state index in [1.165, 1.54) is 39.5 Å². The maximum Gasteiger partial charge on any atom is 0.361 e. The molecule has 24 heavy (non-hydrogen) atoms. The Labute approximate surface area is 140 Å². The molecule has 0 fully saturated rings. The molecule has 0 saturated heterocycles. The van der Waals surface area contributed by atoms with E-state index < -0.39 is 16.1 Å². The lowest BCUT2D eigenvalue weighted by atomic mass is 10.1. The highest BCUT2D eigenvalue weighted by atomic mass is 32.2. The minimum absolute atomic E-state index is 0.0273. The van der Waals surface area contributed by atoms with E-state index in [-0.39, 0.29) is 24.5 Å². The van der Waals surface area contributed by atoms with Gasteiger partial charge in [-0.25, -0.2) is 4.79 Å². The number of oxime groups is 1. The molecule has 134 valence electrons. The zero-order valence-electron chi connectivity index (χ0n) is 13.8. The molecule has 0 radical (unpaired) electrons. The number of ether oxygens (including phenoxy) is 4. The summed E-state index contributed by atoms with van der Waals surface area (Å²) in [5.41, 5.74) is -0.101. The van der Waals surface area contributed by atoms with E-state index in [0.717, 1.165) is 6.26 Å². The molecule has 0 aliphatic heterocycles. The van der Waals surface area contributed by atoms with Gasteiger partial charge in [-0.3, -0.25) is 4.28 Å². The van der Waals surface area contributed by atoms with Crippen molar-refractivity contribution >= 4 is 21.8 Å². The Balaban J connectivity index is 3.19. The van der Waals surface area contributed by atoms with Gasteiger partial charge in [0.15, 0.2) is 17.2 Å². The first-order valence-electron chi connectivity index (χ1n) is 6.67. The smallest absolute Gasteiger partial charge is 0.361 e. The lowest BCUT2D eigenvalue weighted by Crippen LogP contribution is -2.22. The molecule has 0 atom stereocenters. The highest BCUT2D eigenvalue weighted by molar-refractivity contribution is 7.85. The van der Waals surface area contributed by atoms with E-state index >= 15 is 0 Å². The van der Waals surface area contributed by atoms with E-state index in [1.54, 1.807) is 0 Å². The molecule has 1 aromatic rings. The highest BCUT2D eigenvalue weighted by Gasteiger charge is 2.20. The van der Waals surface area contributed by atoms with Gasteiger partial charge >= 0.3 is 16.1 Å². The Hall–Kier alpha value is -2.33. The fourth-order valence-corrected chi connectivity index (χ4v) is 1.79. The van der Waals surface area contributed by atoms with Crippen LogP contribution < -0.4 is 9.47 Å². The monoisotopic (exact) mass is 361 g/mol. The number of esters is 1. The van der Waals surface area contributed by atoms with Gasteiger partial charge in [0.05, 0.1) is 27.1 Å². The van der Waals surface area contributed by atoms with Crippen LogP contribution in [0.15, 0.2) is 23.4 Å². The summed E-state index contributed by atoms with van der Waals surface area (Å²) < 4.78 is 46.6. The Morgan fingerprint density at radius 3 is 2.29 bits per heavy atom. The van der Waals surface area contributed by atoms with E-state index in [9.17, 15) is 13.2 Å². The molecule has 0 N–H and O–H groups in total. The van der Waals surface area contributed by atoms with Gasteiger partial charge in [0.25, 0.3) is 0 Å².